The summed E-state index contributed by atoms with van der Waals surface area (Å²) < 4.78 is 0. The molecule has 4 nitrogen and oxygen atoms in total. The van der Waals surface area contributed by atoms with Crippen LogP contribution in [0.1, 0.15) is 12.8 Å². The molecule has 2 atom stereocenters. The third kappa shape index (κ3) is 3.91. The van der Waals surface area contributed by atoms with Crippen molar-refractivity contribution in [3.63, 3.8) is 0 Å². The highest BCUT2D eigenvalue weighted by Crippen LogP contribution is 2.14. The SMILES string of the molecule is CN1CCNC(CN(C)C2CCCN(C)C2)C1. The first-order valence-electron chi connectivity index (χ1n) is 6.96. The van der Waals surface area contributed by atoms with Crippen LogP contribution in [0.15, 0.2) is 0 Å². The zero-order valence-electron chi connectivity index (χ0n) is 11.7. The lowest BCUT2D eigenvalue weighted by Crippen LogP contribution is -2.56. The molecule has 0 aromatic rings. The largest absolute Gasteiger partial charge is 0.310 e. The molecule has 2 aliphatic rings. The number of piperidine rings is 1. The predicted octanol–water partition coefficient (Wildman–Crippen LogP) is -0.0840. The van der Waals surface area contributed by atoms with Crippen molar-refractivity contribution < 1.29 is 0 Å². The summed E-state index contributed by atoms with van der Waals surface area (Å²) in [6.07, 6.45) is 2.72. The maximum absolute atomic E-state index is 3.63. The number of nitrogens with one attached hydrogen (secondary N) is 1. The van der Waals surface area contributed by atoms with Crippen molar-refractivity contribution in [3.05, 3.63) is 0 Å². The van der Waals surface area contributed by atoms with Crippen LogP contribution in [0.4, 0.5) is 0 Å². The Hall–Kier alpha value is -0.160. The van der Waals surface area contributed by atoms with E-state index in [4.69, 9.17) is 0 Å². The Balaban J connectivity index is 1.77. The first-order valence-corrected chi connectivity index (χ1v) is 6.96. The molecule has 0 aliphatic carbocycles. The summed E-state index contributed by atoms with van der Waals surface area (Å²) in [5.74, 6) is 0. The number of piperazine rings is 1. The average molecular weight is 240 g/mol. The second-order valence-corrected chi connectivity index (χ2v) is 5.91. The molecule has 0 amide bonds. The van der Waals surface area contributed by atoms with Crippen LogP contribution in [0.2, 0.25) is 0 Å². The fourth-order valence-electron chi connectivity index (χ4n) is 3.11. The van der Waals surface area contributed by atoms with Crippen LogP contribution in [0.3, 0.4) is 0 Å². The van der Waals surface area contributed by atoms with Gasteiger partial charge in [0, 0.05) is 44.8 Å². The van der Waals surface area contributed by atoms with E-state index < -0.39 is 0 Å². The minimum atomic E-state index is 0.644. The van der Waals surface area contributed by atoms with Crippen LogP contribution in [-0.4, -0.2) is 87.2 Å². The molecule has 0 spiro atoms. The smallest absolute Gasteiger partial charge is 0.0323 e. The van der Waals surface area contributed by atoms with Gasteiger partial charge < -0.3 is 20.0 Å². The second kappa shape index (κ2) is 6.14. The third-order valence-corrected chi connectivity index (χ3v) is 4.19. The minimum absolute atomic E-state index is 0.644. The first kappa shape index (κ1) is 13.3. The van der Waals surface area contributed by atoms with Crippen LogP contribution in [-0.2, 0) is 0 Å². The van der Waals surface area contributed by atoms with Gasteiger partial charge in [-0.3, -0.25) is 0 Å². The highest BCUT2D eigenvalue weighted by molar-refractivity contribution is 4.84. The quantitative estimate of drug-likeness (QED) is 0.744. The Morgan fingerprint density at radius 2 is 1.94 bits per heavy atom. The Morgan fingerprint density at radius 3 is 2.65 bits per heavy atom. The fraction of sp³-hybridized carbons (Fsp3) is 1.00. The summed E-state index contributed by atoms with van der Waals surface area (Å²) in [6.45, 7) is 7.20. The maximum atomic E-state index is 3.63. The molecular formula is C13H28N4. The molecule has 0 radical (unpaired) electrons. The lowest BCUT2D eigenvalue weighted by atomic mass is 10.0. The summed E-state index contributed by atoms with van der Waals surface area (Å²) in [7, 11) is 6.76. The van der Waals surface area contributed by atoms with Gasteiger partial charge in [0.1, 0.15) is 0 Å². The molecule has 2 heterocycles. The zero-order valence-corrected chi connectivity index (χ0v) is 11.7. The molecule has 2 aliphatic heterocycles. The molecule has 2 rings (SSSR count). The number of rotatable bonds is 3. The predicted molar refractivity (Wildman–Crippen MR) is 72.4 cm³/mol. The van der Waals surface area contributed by atoms with Gasteiger partial charge in [0.2, 0.25) is 0 Å². The van der Waals surface area contributed by atoms with E-state index in [1.54, 1.807) is 0 Å². The molecule has 0 aromatic heterocycles. The van der Waals surface area contributed by atoms with Gasteiger partial charge in [-0.25, -0.2) is 0 Å². The molecule has 0 saturated carbocycles. The van der Waals surface area contributed by atoms with Crippen molar-refractivity contribution in [2.45, 2.75) is 24.9 Å². The van der Waals surface area contributed by atoms with Crippen LogP contribution in [0.25, 0.3) is 0 Å². The normalized spacial score (nSPS) is 33.2. The summed E-state index contributed by atoms with van der Waals surface area (Å²) in [4.78, 5) is 7.46. The van der Waals surface area contributed by atoms with Crippen LogP contribution in [0, 0.1) is 0 Å². The van der Waals surface area contributed by atoms with Gasteiger partial charge in [0.25, 0.3) is 0 Å². The zero-order chi connectivity index (χ0) is 12.3. The third-order valence-electron chi connectivity index (χ3n) is 4.19. The van der Waals surface area contributed by atoms with E-state index in [1.807, 2.05) is 0 Å². The van der Waals surface area contributed by atoms with Gasteiger partial charge in [0.05, 0.1) is 0 Å². The summed E-state index contributed by atoms with van der Waals surface area (Å²) in [6, 6.07) is 1.40. The Bertz CT molecular complexity index is 233. The number of likely N-dealkylation sites (N-methyl/N-ethyl adjacent to an activating group) is 3. The Kier molecular flexibility index (Phi) is 4.79. The average Bonchev–Trinajstić information content (AvgIpc) is 2.29. The maximum Gasteiger partial charge on any atom is 0.0323 e. The van der Waals surface area contributed by atoms with Crippen LogP contribution < -0.4 is 5.32 Å². The number of hydrogen-bond donors (Lipinski definition) is 1. The van der Waals surface area contributed by atoms with Gasteiger partial charge in [0.15, 0.2) is 0 Å². The summed E-state index contributed by atoms with van der Waals surface area (Å²) in [5, 5.41) is 3.63. The van der Waals surface area contributed by atoms with Crippen LogP contribution in [0.5, 0.6) is 0 Å². The van der Waals surface area contributed by atoms with E-state index in [2.05, 4.69) is 41.2 Å². The molecule has 4 heteroatoms. The topological polar surface area (TPSA) is 21.8 Å². The van der Waals surface area contributed by atoms with E-state index in [1.165, 1.54) is 45.6 Å². The molecule has 2 saturated heterocycles. The summed E-state index contributed by atoms with van der Waals surface area (Å²) >= 11 is 0. The van der Waals surface area contributed by atoms with Crippen molar-refractivity contribution in [3.8, 4) is 0 Å². The molecule has 0 bridgehead atoms. The van der Waals surface area contributed by atoms with Gasteiger partial charge in [-0.15, -0.1) is 0 Å². The highest BCUT2D eigenvalue weighted by Gasteiger charge is 2.24. The van der Waals surface area contributed by atoms with E-state index in [0.29, 0.717) is 6.04 Å². The Morgan fingerprint density at radius 1 is 1.18 bits per heavy atom. The van der Waals surface area contributed by atoms with Gasteiger partial charge in [-0.1, -0.05) is 0 Å². The van der Waals surface area contributed by atoms with Gasteiger partial charge in [-0.05, 0) is 40.5 Å². The van der Waals surface area contributed by atoms with E-state index in [9.17, 15) is 0 Å². The van der Waals surface area contributed by atoms with Crippen molar-refractivity contribution in [1.29, 1.82) is 0 Å². The van der Waals surface area contributed by atoms with Gasteiger partial charge >= 0.3 is 0 Å². The molecule has 2 fully saturated rings. The Labute approximate surface area is 106 Å². The van der Waals surface area contributed by atoms with Crippen molar-refractivity contribution in [2.24, 2.45) is 0 Å². The van der Waals surface area contributed by atoms with E-state index >= 15 is 0 Å². The molecule has 1 N–H and O–H groups in total. The molecule has 100 valence electrons. The summed E-state index contributed by atoms with van der Waals surface area (Å²) in [5.41, 5.74) is 0. The molecule has 0 aromatic carbocycles. The van der Waals surface area contributed by atoms with E-state index in [0.717, 1.165) is 12.6 Å². The standard InChI is InChI=1S/C13H28N4/c1-15-7-4-5-13(11-15)17(3)10-12-9-16(2)8-6-14-12/h12-14H,4-11H2,1-3H3. The fourth-order valence-corrected chi connectivity index (χ4v) is 3.11. The lowest BCUT2D eigenvalue weighted by Gasteiger charge is -2.39. The van der Waals surface area contributed by atoms with E-state index in [-0.39, 0.29) is 0 Å². The minimum Gasteiger partial charge on any atom is -0.310 e. The number of nitrogens with zero attached hydrogens (tertiary/aromatic N) is 3. The highest BCUT2D eigenvalue weighted by atomic mass is 15.2. The van der Waals surface area contributed by atoms with Crippen LogP contribution >= 0.6 is 0 Å². The lowest BCUT2D eigenvalue weighted by molar-refractivity contribution is 0.111. The number of hydrogen-bond acceptors (Lipinski definition) is 4. The van der Waals surface area contributed by atoms with Crippen molar-refractivity contribution in [2.75, 3.05) is 60.4 Å². The first-order chi connectivity index (χ1) is 8.15. The molecule has 17 heavy (non-hydrogen) atoms. The van der Waals surface area contributed by atoms with Crippen molar-refractivity contribution >= 4 is 0 Å². The molecular weight excluding hydrogens is 212 g/mol. The second-order valence-electron chi connectivity index (χ2n) is 5.91. The van der Waals surface area contributed by atoms with Gasteiger partial charge in [-0.2, -0.15) is 0 Å². The number of likely N-dealkylation sites (tertiary alicyclic amines) is 1. The van der Waals surface area contributed by atoms with Crippen molar-refractivity contribution in [1.82, 2.24) is 20.0 Å². The molecule has 2 unspecified atom stereocenters. The monoisotopic (exact) mass is 240 g/mol.